The minimum Gasteiger partial charge on any atom is -0.456 e. The zero-order valence-electron chi connectivity index (χ0n) is 36.0. The number of nitrogens with zero attached hydrogens (tertiary/aromatic N) is 4. The van der Waals surface area contributed by atoms with Gasteiger partial charge in [0.05, 0.1) is 39.0 Å². The van der Waals surface area contributed by atoms with E-state index in [1.165, 1.54) is 54.1 Å². The number of rotatable bonds is 4. The average molecular weight is 853 g/mol. The van der Waals surface area contributed by atoms with Crippen LogP contribution in [0.3, 0.4) is 0 Å². The van der Waals surface area contributed by atoms with Gasteiger partial charge in [0.25, 0.3) is 0 Å². The van der Waals surface area contributed by atoms with Crippen molar-refractivity contribution >= 4 is 109 Å². The van der Waals surface area contributed by atoms with Crippen LogP contribution in [0.4, 0.5) is 0 Å². The summed E-state index contributed by atoms with van der Waals surface area (Å²) in [7, 11) is 0. The summed E-state index contributed by atoms with van der Waals surface area (Å²) in [5.74, 6) is 0.682. The van der Waals surface area contributed by atoms with Crippen LogP contribution in [0.5, 0.6) is 0 Å². The van der Waals surface area contributed by atoms with Gasteiger partial charge in [-0.3, -0.25) is 0 Å². The molecule has 15 aromatic rings. The van der Waals surface area contributed by atoms with Crippen molar-refractivity contribution < 1.29 is 4.42 Å². The highest BCUT2D eigenvalue weighted by Gasteiger charge is 2.20. The lowest BCUT2D eigenvalue weighted by Crippen LogP contribution is -1.98. The van der Waals surface area contributed by atoms with Crippen LogP contribution in [0, 0.1) is 0 Å². The molecule has 67 heavy (non-hydrogen) atoms. The highest BCUT2D eigenvalue weighted by molar-refractivity contribution is 6.22. The van der Waals surface area contributed by atoms with Gasteiger partial charge in [-0.1, -0.05) is 146 Å². The summed E-state index contributed by atoms with van der Waals surface area (Å²) in [5, 5.41) is 15.3. The Labute approximate surface area is 383 Å². The van der Waals surface area contributed by atoms with Crippen LogP contribution in [-0.4, -0.2) is 19.1 Å². The van der Waals surface area contributed by atoms with E-state index in [2.05, 4.69) is 209 Å². The van der Waals surface area contributed by atoms with Crippen molar-refractivity contribution in [2.75, 3.05) is 0 Å². The van der Waals surface area contributed by atoms with Crippen molar-refractivity contribution in [2.24, 2.45) is 0 Å². The number of furan rings is 1. The van der Waals surface area contributed by atoms with Gasteiger partial charge >= 0.3 is 0 Å². The van der Waals surface area contributed by atoms with Crippen LogP contribution < -0.4 is 0 Å². The first-order chi connectivity index (χ1) is 33.2. The molecule has 5 heteroatoms. The van der Waals surface area contributed by atoms with Crippen molar-refractivity contribution in [1.82, 2.24) is 19.1 Å². The highest BCUT2D eigenvalue weighted by Crippen LogP contribution is 2.42. The third kappa shape index (κ3) is 5.25. The molecule has 0 aliphatic rings. The van der Waals surface area contributed by atoms with Gasteiger partial charge in [-0.2, -0.15) is 0 Å². The van der Waals surface area contributed by atoms with Gasteiger partial charge in [0.15, 0.2) is 5.82 Å². The molecule has 4 aromatic heterocycles. The second kappa shape index (κ2) is 13.7. The van der Waals surface area contributed by atoms with E-state index in [4.69, 9.17) is 14.4 Å². The molecule has 0 aliphatic carbocycles. The lowest BCUT2D eigenvalue weighted by molar-refractivity contribution is 0.669. The molecule has 11 aromatic carbocycles. The lowest BCUT2D eigenvalue weighted by Gasteiger charge is -2.15. The molecular weight excluding hydrogens is 817 g/mol. The minimum atomic E-state index is 0.682. The molecule has 0 amide bonds. The Balaban J connectivity index is 0.906. The first-order valence-electron chi connectivity index (χ1n) is 22.8. The summed E-state index contributed by atoms with van der Waals surface area (Å²) in [6, 6.07) is 78.6. The van der Waals surface area contributed by atoms with Crippen molar-refractivity contribution in [3.8, 4) is 34.0 Å². The first kappa shape index (κ1) is 36.3. The zero-order chi connectivity index (χ0) is 43.7. The molecule has 0 saturated heterocycles. The highest BCUT2D eigenvalue weighted by atomic mass is 16.3. The van der Waals surface area contributed by atoms with E-state index in [0.717, 1.165) is 82.8 Å². The predicted molar refractivity (Wildman–Crippen MR) is 279 cm³/mol. The Morgan fingerprint density at radius 2 is 1.04 bits per heavy atom. The van der Waals surface area contributed by atoms with Gasteiger partial charge in [0.1, 0.15) is 11.2 Å². The number of fused-ring (bicyclic) bond motifs is 14. The molecule has 5 nitrogen and oxygen atoms in total. The quantitative estimate of drug-likeness (QED) is 0.177. The standard InChI is InChI=1S/C62H36N4O/c1-2-14-42-37(13-1)29-32-56-60(42)50-18-5-9-24-55(50)65(56)41-30-27-38-35-57-51(34-40(38)33-41)45-15-4-8-23-53(45)66(57)54-25-12-19-43-44(54)20-11-21-48(43)62-63-52-22-7-3-17-49(52)61(64-62)39-28-31-47-46-16-6-10-26-58(46)67-59(47)36-39/h1-36H. The van der Waals surface area contributed by atoms with Crippen molar-refractivity contribution in [3.63, 3.8) is 0 Å². The second-order valence-corrected chi connectivity index (χ2v) is 17.7. The summed E-state index contributed by atoms with van der Waals surface area (Å²) < 4.78 is 11.2. The molecule has 0 fully saturated rings. The zero-order valence-corrected chi connectivity index (χ0v) is 36.0. The third-order valence-corrected chi connectivity index (χ3v) is 14.1. The number of benzene rings is 11. The summed E-state index contributed by atoms with van der Waals surface area (Å²) in [4.78, 5) is 10.6. The van der Waals surface area contributed by atoms with Crippen molar-refractivity contribution in [3.05, 3.63) is 218 Å². The van der Waals surface area contributed by atoms with Crippen molar-refractivity contribution in [2.45, 2.75) is 0 Å². The van der Waals surface area contributed by atoms with E-state index >= 15 is 0 Å². The van der Waals surface area contributed by atoms with Crippen LogP contribution in [0.2, 0.25) is 0 Å². The molecule has 0 radical (unpaired) electrons. The lowest BCUT2D eigenvalue weighted by atomic mass is 10.0. The molecule has 0 aliphatic heterocycles. The summed E-state index contributed by atoms with van der Waals surface area (Å²) in [6.45, 7) is 0. The average Bonchev–Trinajstić information content (AvgIpc) is 4.04. The number of para-hydroxylation sites is 4. The van der Waals surface area contributed by atoms with Gasteiger partial charge in [-0.15, -0.1) is 0 Å². The Morgan fingerprint density at radius 3 is 1.96 bits per heavy atom. The monoisotopic (exact) mass is 852 g/mol. The second-order valence-electron chi connectivity index (χ2n) is 17.7. The van der Waals surface area contributed by atoms with Crippen molar-refractivity contribution in [1.29, 1.82) is 0 Å². The van der Waals surface area contributed by atoms with Gasteiger partial charge < -0.3 is 13.6 Å². The van der Waals surface area contributed by atoms with E-state index in [9.17, 15) is 0 Å². The predicted octanol–water partition coefficient (Wildman–Crippen LogP) is 16.5. The van der Waals surface area contributed by atoms with Crippen LogP contribution >= 0.6 is 0 Å². The maximum atomic E-state index is 6.35. The fourth-order valence-corrected chi connectivity index (χ4v) is 11.1. The van der Waals surface area contributed by atoms with Crippen LogP contribution in [-0.2, 0) is 0 Å². The summed E-state index contributed by atoms with van der Waals surface area (Å²) >= 11 is 0. The third-order valence-electron chi connectivity index (χ3n) is 14.1. The SMILES string of the molecule is c1ccc2c(c1)ccc1c2c2ccccc2n1-c1ccc2cc3c(cc2c1)c1ccccc1n3-c1cccc2c(-c3nc(-c4ccc5c(c4)oc4ccccc45)c4ccccc4n3)cccc12. The van der Waals surface area contributed by atoms with Crippen LogP contribution in [0.15, 0.2) is 223 Å². The van der Waals surface area contributed by atoms with Crippen LogP contribution in [0.25, 0.3) is 143 Å². The van der Waals surface area contributed by atoms with Crippen LogP contribution in [0.1, 0.15) is 0 Å². The molecule has 310 valence electrons. The van der Waals surface area contributed by atoms with E-state index in [1.807, 2.05) is 18.2 Å². The van der Waals surface area contributed by atoms with Gasteiger partial charge in [0.2, 0.25) is 0 Å². The van der Waals surface area contributed by atoms with E-state index in [0.29, 0.717) is 5.82 Å². The Hall–Kier alpha value is -9.06. The largest absolute Gasteiger partial charge is 0.456 e. The van der Waals surface area contributed by atoms with Gasteiger partial charge in [-0.05, 0) is 99.7 Å². The summed E-state index contributed by atoms with van der Waals surface area (Å²) in [6.07, 6.45) is 0. The number of hydrogen-bond donors (Lipinski definition) is 0. The molecule has 0 saturated carbocycles. The Bertz CT molecular complexity index is 4590. The van der Waals surface area contributed by atoms with E-state index < -0.39 is 0 Å². The normalized spacial score (nSPS) is 12.2. The minimum absolute atomic E-state index is 0.682. The Kier molecular flexibility index (Phi) is 7.44. The molecule has 15 rings (SSSR count). The molecule has 0 spiro atoms. The smallest absolute Gasteiger partial charge is 0.161 e. The topological polar surface area (TPSA) is 48.8 Å². The summed E-state index contributed by atoms with van der Waals surface area (Å²) in [5.41, 5.74) is 12.4. The molecular formula is C62H36N4O. The van der Waals surface area contributed by atoms with Gasteiger partial charge in [-0.25, -0.2) is 9.97 Å². The first-order valence-corrected chi connectivity index (χ1v) is 22.8. The van der Waals surface area contributed by atoms with Gasteiger partial charge in [0, 0.05) is 59.9 Å². The molecule has 0 bridgehead atoms. The molecule has 0 unspecified atom stereocenters. The van der Waals surface area contributed by atoms with E-state index in [1.54, 1.807) is 0 Å². The fourth-order valence-electron chi connectivity index (χ4n) is 11.1. The molecule has 0 N–H and O–H groups in total. The maximum absolute atomic E-state index is 6.35. The number of aromatic nitrogens is 4. The Morgan fingerprint density at radius 1 is 0.343 bits per heavy atom. The fraction of sp³-hybridized carbons (Fsp3) is 0. The van der Waals surface area contributed by atoms with E-state index in [-0.39, 0.29) is 0 Å². The molecule has 4 heterocycles. The maximum Gasteiger partial charge on any atom is 0.161 e. The number of hydrogen-bond acceptors (Lipinski definition) is 3. The molecule has 0 atom stereocenters.